The number of aryl methyl sites for hydroxylation is 1. The quantitative estimate of drug-likeness (QED) is 0.815. The van der Waals surface area contributed by atoms with Crippen molar-refractivity contribution in [1.29, 1.82) is 0 Å². The summed E-state index contributed by atoms with van der Waals surface area (Å²) in [5.74, 6) is 0.427. The van der Waals surface area contributed by atoms with Gasteiger partial charge in [0.15, 0.2) is 0 Å². The molecule has 0 amide bonds. The second kappa shape index (κ2) is 4.31. The summed E-state index contributed by atoms with van der Waals surface area (Å²) in [6.07, 6.45) is 0.922. The molecule has 1 fully saturated rings. The highest BCUT2D eigenvalue weighted by Crippen LogP contribution is 2.27. The molecular weight excluding hydrogens is 236 g/mol. The van der Waals surface area contributed by atoms with E-state index in [4.69, 9.17) is 5.73 Å². The van der Waals surface area contributed by atoms with Gasteiger partial charge in [-0.15, -0.1) is 0 Å². The summed E-state index contributed by atoms with van der Waals surface area (Å²) in [5.41, 5.74) is 7.11. The Balaban J connectivity index is 2.38. The summed E-state index contributed by atoms with van der Waals surface area (Å²) < 4.78 is 26.2. The van der Waals surface area contributed by atoms with Crippen molar-refractivity contribution in [2.45, 2.75) is 25.2 Å². The summed E-state index contributed by atoms with van der Waals surface area (Å²) in [7, 11) is -3.41. The van der Waals surface area contributed by atoms with Crippen molar-refractivity contribution in [1.82, 2.24) is 4.31 Å². The molecule has 1 saturated heterocycles. The maximum absolute atomic E-state index is 12.4. The molecule has 4 nitrogen and oxygen atoms in total. The number of nitrogens with zero attached hydrogens (tertiary/aromatic N) is 1. The second-order valence-corrected chi connectivity index (χ2v) is 6.70. The highest BCUT2D eigenvalue weighted by molar-refractivity contribution is 7.89. The minimum atomic E-state index is -3.41. The van der Waals surface area contributed by atoms with E-state index in [2.05, 4.69) is 6.92 Å². The van der Waals surface area contributed by atoms with Crippen LogP contribution < -0.4 is 5.73 Å². The highest BCUT2D eigenvalue weighted by Gasteiger charge is 2.31. The third kappa shape index (κ3) is 2.30. The van der Waals surface area contributed by atoms with Gasteiger partial charge in [0.2, 0.25) is 10.0 Å². The molecule has 1 aliphatic rings. The van der Waals surface area contributed by atoms with Gasteiger partial charge < -0.3 is 5.73 Å². The van der Waals surface area contributed by atoms with Crippen molar-refractivity contribution in [3.8, 4) is 0 Å². The summed E-state index contributed by atoms with van der Waals surface area (Å²) in [6.45, 7) is 5.14. The van der Waals surface area contributed by atoms with E-state index in [1.807, 2.05) is 6.92 Å². The Morgan fingerprint density at radius 2 is 2.12 bits per heavy atom. The Morgan fingerprint density at radius 1 is 1.41 bits per heavy atom. The van der Waals surface area contributed by atoms with Gasteiger partial charge in [0.1, 0.15) is 4.90 Å². The van der Waals surface area contributed by atoms with Crippen LogP contribution in [0, 0.1) is 12.8 Å². The van der Waals surface area contributed by atoms with Gasteiger partial charge in [-0.25, -0.2) is 8.42 Å². The third-order valence-corrected chi connectivity index (χ3v) is 5.11. The minimum absolute atomic E-state index is 0.234. The van der Waals surface area contributed by atoms with E-state index in [9.17, 15) is 8.42 Å². The van der Waals surface area contributed by atoms with Gasteiger partial charge in [-0.2, -0.15) is 4.31 Å². The number of benzene rings is 1. The maximum atomic E-state index is 12.4. The molecule has 1 atom stereocenters. The minimum Gasteiger partial charge on any atom is -0.398 e. The topological polar surface area (TPSA) is 63.4 Å². The normalized spacial score (nSPS) is 21.9. The molecule has 0 bridgehead atoms. The lowest BCUT2D eigenvalue weighted by Crippen LogP contribution is -2.29. The molecule has 2 N–H and O–H groups in total. The van der Waals surface area contributed by atoms with Gasteiger partial charge in [0, 0.05) is 13.1 Å². The molecule has 0 aliphatic carbocycles. The number of anilines is 1. The molecule has 0 spiro atoms. The first-order chi connectivity index (χ1) is 7.91. The molecule has 17 heavy (non-hydrogen) atoms. The smallest absolute Gasteiger partial charge is 0.245 e. The highest BCUT2D eigenvalue weighted by atomic mass is 32.2. The molecule has 0 radical (unpaired) electrons. The lowest BCUT2D eigenvalue weighted by molar-refractivity contribution is 0.465. The van der Waals surface area contributed by atoms with E-state index >= 15 is 0 Å². The van der Waals surface area contributed by atoms with Crippen molar-refractivity contribution in [2.24, 2.45) is 5.92 Å². The molecule has 0 aromatic heterocycles. The van der Waals surface area contributed by atoms with Crippen molar-refractivity contribution < 1.29 is 8.42 Å². The fourth-order valence-electron chi connectivity index (χ4n) is 2.15. The summed E-state index contributed by atoms with van der Waals surface area (Å²) in [6, 6.07) is 5.08. The van der Waals surface area contributed by atoms with Crippen molar-refractivity contribution in [3.63, 3.8) is 0 Å². The number of hydrogen-bond donors (Lipinski definition) is 1. The van der Waals surface area contributed by atoms with Crippen LogP contribution in [0.25, 0.3) is 0 Å². The lowest BCUT2D eigenvalue weighted by atomic mass is 10.2. The molecule has 1 aromatic carbocycles. The Labute approximate surface area is 102 Å². The van der Waals surface area contributed by atoms with Crippen molar-refractivity contribution in [2.75, 3.05) is 18.8 Å². The van der Waals surface area contributed by atoms with Crippen LogP contribution in [0.2, 0.25) is 0 Å². The van der Waals surface area contributed by atoms with Gasteiger partial charge in [0.25, 0.3) is 0 Å². The third-order valence-electron chi connectivity index (χ3n) is 3.17. The lowest BCUT2D eigenvalue weighted by Gasteiger charge is -2.17. The van der Waals surface area contributed by atoms with E-state index in [0.29, 0.717) is 24.7 Å². The number of nitrogens with two attached hydrogens (primary N) is 1. The predicted octanol–water partition coefficient (Wildman–Crippen LogP) is 1.61. The number of hydrogen-bond acceptors (Lipinski definition) is 3. The van der Waals surface area contributed by atoms with Crippen LogP contribution in [0.3, 0.4) is 0 Å². The van der Waals surface area contributed by atoms with E-state index in [1.165, 1.54) is 4.31 Å². The molecule has 1 aliphatic heterocycles. The fourth-order valence-corrected chi connectivity index (χ4v) is 3.83. The van der Waals surface area contributed by atoms with Crippen molar-refractivity contribution in [3.05, 3.63) is 23.8 Å². The predicted molar refractivity (Wildman–Crippen MR) is 68.1 cm³/mol. The Hall–Kier alpha value is -1.07. The largest absolute Gasteiger partial charge is 0.398 e. The molecule has 1 aromatic rings. The first-order valence-corrected chi connectivity index (χ1v) is 7.21. The number of nitrogen functional groups attached to an aromatic ring is 1. The maximum Gasteiger partial charge on any atom is 0.245 e. The van der Waals surface area contributed by atoms with E-state index in [-0.39, 0.29) is 4.90 Å². The molecule has 1 heterocycles. The van der Waals surface area contributed by atoms with E-state index in [1.54, 1.807) is 18.2 Å². The van der Waals surface area contributed by atoms with Gasteiger partial charge in [0.05, 0.1) is 5.69 Å². The standard InChI is InChI=1S/C12H18N2O2S/c1-9-3-4-12(11(13)7-9)17(15,16)14-6-5-10(2)8-14/h3-4,7,10H,5-6,8,13H2,1-2H3. The zero-order chi connectivity index (χ0) is 12.6. The summed E-state index contributed by atoms with van der Waals surface area (Å²) >= 11 is 0. The zero-order valence-electron chi connectivity index (χ0n) is 10.2. The van der Waals surface area contributed by atoms with Crippen LogP contribution in [-0.2, 0) is 10.0 Å². The van der Waals surface area contributed by atoms with Crippen LogP contribution in [-0.4, -0.2) is 25.8 Å². The van der Waals surface area contributed by atoms with Crippen molar-refractivity contribution >= 4 is 15.7 Å². The fraction of sp³-hybridized carbons (Fsp3) is 0.500. The Morgan fingerprint density at radius 3 is 2.65 bits per heavy atom. The average Bonchev–Trinajstić information content (AvgIpc) is 2.64. The molecule has 5 heteroatoms. The number of sulfonamides is 1. The van der Waals surface area contributed by atoms with Crippen LogP contribution >= 0.6 is 0 Å². The molecule has 1 unspecified atom stereocenters. The first kappa shape index (κ1) is 12.4. The summed E-state index contributed by atoms with van der Waals surface area (Å²) in [4.78, 5) is 0.234. The van der Waals surface area contributed by atoms with Gasteiger partial charge in [-0.1, -0.05) is 13.0 Å². The average molecular weight is 254 g/mol. The molecular formula is C12H18N2O2S. The SMILES string of the molecule is Cc1ccc(S(=O)(=O)N2CCC(C)C2)c(N)c1. The zero-order valence-corrected chi connectivity index (χ0v) is 11.0. The van der Waals surface area contributed by atoms with Crippen LogP contribution in [0.4, 0.5) is 5.69 Å². The Bertz CT molecular complexity index is 525. The second-order valence-electron chi connectivity index (χ2n) is 4.80. The molecule has 0 saturated carbocycles. The van der Waals surface area contributed by atoms with E-state index < -0.39 is 10.0 Å². The van der Waals surface area contributed by atoms with E-state index in [0.717, 1.165) is 12.0 Å². The first-order valence-electron chi connectivity index (χ1n) is 5.77. The Kier molecular flexibility index (Phi) is 3.14. The monoisotopic (exact) mass is 254 g/mol. The van der Waals surface area contributed by atoms with Crippen LogP contribution in [0.1, 0.15) is 18.9 Å². The molecule has 94 valence electrons. The number of rotatable bonds is 2. The van der Waals surface area contributed by atoms with Gasteiger partial charge >= 0.3 is 0 Å². The van der Waals surface area contributed by atoms with Gasteiger partial charge in [-0.05, 0) is 37.0 Å². The summed E-state index contributed by atoms with van der Waals surface area (Å²) in [5, 5.41) is 0. The molecule has 2 rings (SSSR count). The van der Waals surface area contributed by atoms with Crippen LogP contribution in [0.5, 0.6) is 0 Å². The van der Waals surface area contributed by atoms with Crippen LogP contribution in [0.15, 0.2) is 23.1 Å². The van der Waals surface area contributed by atoms with Gasteiger partial charge in [-0.3, -0.25) is 0 Å².